The number of ether oxygens (including phenoxy) is 2. The molecule has 0 radical (unpaired) electrons. The number of aryl methyl sites for hydroxylation is 1. The number of carboxylic acids is 1. The van der Waals surface area contributed by atoms with Gasteiger partial charge in [-0.25, -0.2) is 9.59 Å². The number of nitrogen functional groups attached to an aromatic ring is 2. The van der Waals surface area contributed by atoms with Gasteiger partial charge in [0.15, 0.2) is 0 Å². The molecule has 0 unspecified atom stereocenters. The number of hydrogen-bond donors (Lipinski definition) is 3. The maximum Gasteiger partial charge on any atom is 0.389 e. The van der Waals surface area contributed by atoms with Gasteiger partial charge in [-0.3, -0.25) is 0 Å². The van der Waals surface area contributed by atoms with Crippen molar-refractivity contribution < 1.29 is 37.3 Å². The third-order valence-electron chi connectivity index (χ3n) is 5.50. The van der Waals surface area contributed by atoms with Gasteiger partial charge in [0.05, 0.1) is 12.2 Å². The highest BCUT2D eigenvalue weighted by molar-refractivity contribution is 5.92. The molecular weight excluding hydrogens is 501 g/mol. The van der Waals surface area contributed by atoms with Crippen LogP contribution in [0.1, 0.15) is 40.7 Å². The molecular formula is C28H27F3N2O5. The Hall–Kier alpha value is -4.47. The molecule has 10 heteroatoms. The van der Waals surface area contributed by atoms with E-state index in [1.54, 1.807) is 42.5 Å². The highest BCUT2D eigenvalue weighted by Crippen LogP contribution is 2.23. The molecule has 0 aliphatic heterocycles. The maximum atomic E-state index is 12.4. The number of carbonyl (C=O) groups excluding carboxylic acids is 1. The molecule has 3 rings (SSSR count). The fraction of sp³-hybridized carbons (Fsp3) is 0.214. The molecule has 7 nitrogen and oxygen atoms in total. The predicted octanol–water partition coefficient (Wildman–Crippen LogP) is 5.89. The van der Waals surface area contributed by atoms with Crippen molar-refractivity contribution >= 4 is 29.4 Å². The Labute approximate surface area is 217 Å². The lowest BCUT2D eigenvalue weighted by Crippen LogP contribution is -2.10. The van der Waals surface area contributed by atoms with E-state index in [2.05, 4.69) is 0 Å². The van der Waals surface area contributed by atoms with Crippen LogP contribution in [-0.4, -0.2) is 29.8 Å². The van der Waals surface area contributed by atoms with Gasteiger partial charge in [0.2, 0.25) is 0 Å². The number of halogens is 3. The molecule has 5 N–H and O–H groups in total. The summed E-state index contributed by atoms with van der Waals surface area (Å²) in [6, 6.07) is 17.3. The predicted molar refractivity (Wildman–Crippen MR) is 138 cm³/mol. The van der Waals surface area contributed by atoms with Crippen molar-refractivity contribution in [2.75, 3.05) is 18.1 Å². The molecule has 3 aromatic carbocycles. The zero-order valence-corrected chi connectivity index (χ0v) is 20.3. The zero-order chi connectivity index (χ0) is 27.7. The van der Waals surface area contributed by atoms with Gasteiger partial charge in [-0.15, -0.1) is 0 Å². The Kier molecular flexibility index (Phi) is 9.37. The Bertz CT molecular complexity index is 1290. The summed E-state index contributed by atoms with van der Waals surface area (Å²) >= 11 is 0. The normalized spacial score (nSPS) is 11.7. The molecule has 0 saturated heterocycles. The van der Waals surface area contributed by atoms with Gasteiger partial charge >= 0.3 is 18.1 Å². The summed E-state index contributed by atoms with van der Waals surface area (Å²) in [5, 5.41) is 9.59. The van der Waals surface area contributed by atoms with Gasteiger partial charge in [0.25, 0.3) is 0 Å². The molecule has 200 valence electrons. The first kappa shape index (κ1) is 28.1. The Morgan fingerprint density at radius 3 is 2.18 bits per heavy atom. The Morgan fingerprint density at radius 1 is 0.921 bits per heavy atom. The quantitative estimate of drug-likeness (QED) is 0.0931. The van der Waals surface area contributed by atoms with Crippen molar-refractivity contribution in [3.05, 3.63) is 89.0 Å². The van der Waals surface area contributed by atoms with E-state index >= 15 is 0 Å². The van der Waals surface area contributed by atoms with Crippen LogP contribution in [0.15, 0.2) is 72.3 Å². The van der Waals surface area contributed by atoms with Gasteiger partial charge < -0.3 is 26.0 Å². The summed E-state index contributed by atoms with van der Waals surface area (Å²) in [5.41, 5.74) is 14.5. The van der Waals surface area contributed by atoms with Crippen LogP contribution in [0.5, 0.6) is 11.5 Å². The second kappa shape index (κ2) is 12.7. The van der Waals surface area contributed by atoms with Crippen LogP contribution in [0, 0.1) is 0 Å². The average molecular weight is 529 g/mol. The van der Waals surface area contributed by atoms with E-state index in [9.17, 15) is 27.9 Å². The van der Waals surface area contributed by atoms with Crippen LogP contribution in [0.3, 0.4) is 0 Å². The van der Waals surface area contributed by atoms with E-state index in [1.807, 2.05) is 0 Å². The lowest BCUT2D eigenvalue weighted by atomic mass is 10.0. The van der Waals surface area contributed by atoms with E-state index < -0.39 is 24.5 Å². The van der Waals surface area contributed by atoms with Crippen molar-refractivity contribution in [1.82, 2.24) is 0 Å². The maximum absolute atomic E-state index is 12.4. The van der Waals surface area contributed by atoms with Crippen molar-refractivity contribution in [2.24, 2.45) is 0 Å². The molecule has 0 bridgehead atoms. The largest absolute Gasteiger partial charge is 0.494 e. The fourth-order valence-electron chi connectivity index (χ4n) is 3.50. The molecule has 0 saturated carbocycles. The van der Waals surface area contributed by atoms with Gasteiger partial charge in [0.1, 0.15) is 11.5 Å². The molecule has 38 heavy (non-hydrogen) atoms. The molecule has 3 aromatic rings. The van der Waals surface area contributed by atoms with Crippen LogP contribution < -0.4 is 20.9 Å². The average Bonchev–Trinajstić information content (AvgIpc) is 2.86. The van der Waals surface area contributed by atoms with Crippen molar-refractivity contribution in [3.63, 3.8) is 0 Å². The number of anilines is 2. The molecule has 0 fully saturated rings. The standard InChI is InChI=1S/C28H27F3N2O5/c29-28(30,31)14-1-15-37-23-12-7-20(8-13-23)27(36)38-24-10-2-18(3-11-24)16-21(26(34)35)5-4-19-6-9-22(32)17-25(19)33/h2-3,6-13,16-17H,1,4-5,14-15,32-33H2,(H,34,35)/b21-16+. The van der Waals surface area contributed by atoms with Gasteiger partial charge in [-0.05, 0) is 85.0 Å². The minimum atomic E-state index is -4.22. The number of benzene rings is 3. The third-order valence-corrected chi connectivity index (χ3v) is 5.50. The number of carbonyl (C=O) groups is 2. The highest BCUT2D eigenvalue weighted by Gasteiger charge is 2.26. The summed E-state index contributed by atoms with van der Waals surface area (Å²) < 4.78 is 47.2. The van der Waals surface area contributed by atoms with Crippen molar-refractivity contribution in [3.8, 4) is 11.5 Å². The third kappa shape index (κ3) is 8.88. The molecule has 0 aliphatic rings. The number of hydrogen-bond acceptors (Lipinski definition) is 6. The topological polar surface area (TPSA) is 125 Å². The molecule has 0 spiro atoms. The first-order chi connectivity index (χ1) is 18.0. The highest BCUT2D eigenvalue weighted by atomic mass is 19.4. The Balaban J connectivity index is 1.56. The lowest BCUT2D eigenvalue weighted by Gasteiger charge is -2.09. The van der Waals surface area contributed by atoms with Gasteiger partial charge in [-0.1, -0.05) is 18.2 Å². The van der Waals surface area contributed by atoms with E-state index in [0.29, 0.717) is 29.1 Å². The summed E-state index contributed by atoms with van der Waals surface area (Å²) in [6.07, 6.45) is -3.10. The second-order valence-electron chi connectivity index (χ2n) is 8.48. The van der Waals surface area contributed by atoms with E-state index in [1.165, 1.54) is 30.3 Å². The van der Waals surface area contributed by atoms with Crippen molar-refractivity contribution in [2.45, 2.75) is 31.9 Å². The Morgan fingerprint density at radius 2 is 1.58 bits per heavy atom. The number of aliphatic carboxylic acids is 1. The lowest BCUT2D eigenvalue weighted by molar-refractivity contribution is -0.136. The van der Waals surface area contributed by atoms with Gasteiger partial charge in [0, 0.05) is 23.4 Å². The minimum absolute atomic E-state index is 0.0941. The summed E-state index contributed by atoms with van der Waals surface area (Å²) in [5.74, 6) is -1.09. The number of carboxylic acid groups (broad SMARTS) is 1. The first-order valence-corrected chi connectivity index (χ1v) is 11.7. The molecule has 0 aliphatic carbocycles. The van der Waals surface area contributed by atoms with E-state index in [0.717, 1.165) is 5.56 Å². The van der Waals surface area contributed by atoms with Crippen LogP contribution in [0.25, 0.3) is 6.08 Å². The zero-order valence-electron chi connectivity index (χ0n) is 20.3. The summed E-state index contributed by atoms with van der Waals surface area (Å²) in [4.78, 5) is 24.1. The minimum Gasteiger partial charge on any atom is -0.494 e. The number of rotatable bonds is 11. The monoisotopic (exact) mass is 528 g/mol. The summed E-state index contributed by atoms with van der Waals surface area (Å²) in [7, 11) is 0. The SMILES string of the molecule is Nc1ccc(CC/C(=C\c2ccc(OC(=O)c3ccc(OCCCC(F)(F)F)cc3)cc2)C(=O)O)c(N)c1. The number of esters is 1. The number of alkyl halides is 3. The first-order valence-electron chi connectivity index (χ1n) is 11.7. The molecule has 0 aromatic heterocycles. The van der Waals surface area contributed by atoms with E-state index in [-0.39, 0.29) is 36.3 Å². The smallest absolute Gasteiger partial charge is 0.389 e. The van der Waals surface area contributed by atoms with Crippen LogP contribution >= 0.6 is 0 Å². The van der Waals surface area contributed by atoms with Crippen LogP contribution in [-0.2, 0) is 11.2 Å². The molecule has 0 atom stereocenters. The molecule has 0 amide bonds. The van der Waals surface area contributed by atoms with Gasteiger partial charge in [-0.2, -0.15) is 13.2 Å². The van der Waals surface area contributed by atoms with Crippen LogP contribution in [0.4, 0.5) is 24.5 Å². The summed E-state index contributed by atoms with van der Waals surface area (Å²) in [6.45, 7) is -0.0941. The van der Waals surface area contributed by atoms with Crippen molar-refractivity contribution in [1.29, 1.82) is 0 Å². The van der Waals surface area contributed by atoms with Crippen LogP contribution in [0.2, 0.25) is 0 Å². The fourth-order valence-corrected chi connectivity index (χ4v) is 3.50. The number of nitrogens with two attached hydrogens (primary N) is 2. The molecule has 0 heterocycles. The van der Waals surface area contributed by atoms with E-state index in [4.69, 9.17) is 20.9 Å². The second-order valence-corrected chi connectivity index (χ2v) is 8.48.